The van der Waals surface area contributed by atoms with Gasteiger partial charge in [0.25, 0.3) is 0 Å². The second kappa shape index (κ2) is 12.8. The Morgan fingerprint density at radius 1 is 0.771 bits per heavy atom. The van der Waals surface area contributed by atoms with E-state index < -0.39 is 0 Å². The summed E-state index contributed by atoms with van der Waals surface area (Å²) in [6.45, 7) is 6.34. The highest BCUT2D eigenvalue weighted by molar-refractivity contribution is 6.30. The Morgan fingerprint density at radius 3 is 1.94 bits per heavy atom. The van der Waals surface area contributed by atoms with Gasteiger partial charge in [-0.15, -0.1) is 0 Å². The second-order valence-electron chi connectivity index (χ2n) is 9.32. The number of nitrogens with zero attached hydrogens (tertiary/aromatic N) is 1. The fraction of sp³-hybridized carbons (Fsp3) is 0.355. The Hall–Kier alpha value is -2.75. The van der Waals surface area contributed by atoms with Crippen molar-refractivity contribution in [3.8, 4) is 11.5 Å². The molecular weight excluding hydrogens is 454 g/mol. The molecule has 0 bridgehead atoms. The van der Waals surface area contributed by atoms with Crippen molar-refractivity contribution in [1.29, 1.82) is 0 Å². The third-order valence-corrected chi connectivity index (χ3v) is 6.96. The average Bonchev–Trinajstić information content (AvgIpc) is 3.16. The molecule has 0 N–H and O–H groups in total. The van der Waals surface area contributed by atoms with Crippen molar-refractivity contribution in [3.05, 3.63) is 100 Å². The highest BCUT2D eigenvalue weighted by Crippen LogP contribution is 2.31. The lowest BCUT2D eigenvalue weighted by molar-refractivity contribution is 0.214. The minimum absolute atomic E-state index is 0.732. The molecule has 0 amide bonds. The molecule has 0 atom stereocenters. The standard InChI is InChI=1S/C31H36ClNO2/c1-24(23-25-7-15-29(34-2)16-8-25)31(26-9-13-28(32)14-10-26)27-11-17-30(18-12-27)35-22-21-33-19-5-3-4-6-20-33/h7-18H,3-6,19-23H2,1-2H3/b31-24+. The Kier molecular flexibility index (Phi) is 9.28. The Bertz CT molecular complexity index is 1080. The predicted octanol–water partition coefficient (Wildman–Crippen LogP) is 7.67. The van der Waals surface area contributed by atoms with Gasteiger partial charge in [-0.05, 0) is 97.9 Å². The fourth-order valence-corrected chi connectivity index (χ4v) is 4.91. The number of methoxy groups -OCH3 is 1. The molecule has 35 heavy (non-hydrogen) atoms. The van der Waals surface area contributed by atoms with Gasteiger partial charge in [0, 0.05) is 11.6 Å². The van der Waals surface area contributed by atoms with E-state index in [4.69, 9.17) is 21.1 Å². The number of rotatable bonds is 9. The van der Waals surface area contributed by atoms with Crippen molar-refractivity contribution in [2.45, 2.75) is 39.0 Å². The van der Waals surface area contributed by atoms with E-state index in [0.29, 0.717) is 0 Å². The van der Waals surface area contributed by atoms with Crippen LogP contribution in [-0.4, -0.2) is 38.3 Å². The third kappa shape index (κ3) is 7.37. The molecule has 1 aliphatic heterocycles. The van der Waals surface area contributed by atoms with Crippen molar-refractivity contribution < 1.29 is 9.47 Å². The Morgan fingerprint density at radius 2 is 1.34 bits per heavy atom. The van der Waals surface area contributed by atoms with Gasteiger partial charge in [-0.3, -0.25) is 4.90 Å². The van der Waals surface area contributed by atoms with Crippen molar-refractivity contribution in [3.63, 3.8) is 0 Å². The first-order chi connectivity index (χ1) is 17.1. The van der Waals surface area contributed by atoms with Gasteiger partial charge >= 0.3 is 0 Å². The molecule has 3 nitrogen and oxygen atoms in total. The number of likely N-dealkylation sites (tertiary alicyclic amines) is 1. The van der Waals surface area contributed by atoms with Crippen LogP contribution in [0.15, 0.2) is 78.4 Å². The van der Waals surface area contributed by atoms with Gasteiger partial charge in [0.2, 0.25) is 0 Å². The first kappa shape index (κ1) is 25.3. The van der Waals surface area contributed by atoms with Crippen LogP contribution in [-0.2, 0) is 6.42 Å². The van der Waals surface area contributed by atoms with E-state index in [1.165, 1.54) is 61.0 Å². The van der Waals surface area contributed by atoms with Gasteiger partial charge in [-0.25, -0.2) is 0 Å². The van der Waals surface area contributed by atoms with Crippen LogP contribution < -0.4 is 9.47 Å². The summed E-state index contributed by atoms with van der Waals surface area (Å²) in [7, 11) is 1.70. The van der Waals surface area contributed by atoms with Gasteiger partial charge in [0.1, 0.15) is 18.1 Å². The summed E-state index contributed by atoms with van der Waals surface area (Å²) in [4.78, 5) is 2.53. The van der Waals surface area contributed by atoms with Gasteiger partial charge in [0.05, 0.1) is 7.11 Å². The van der Waals surface area contributed by atoms with Crippen LogP contribution in [0.3, 0.4) is 0 Å². The molecule has 184 valence electrons. The topological polar surface area (TPSA) is 21.7 Å². The van der Waals surface area contributed by atoms with Gasteiger partial charge in [-0.2, -0.15) is 0 Å². The fourth-order valence-electron chi connectivity index (χ4n) is 4.78. The normalized spacial score (nSPS) is 15.3. The molecule has 4 heteroatoms. The predicted molar refractivity (Wildman–Crippen MR) is 147 cm³/mol. The molecule has 0 aliphatic carbocycles. The number of halogens is 1. The third-order valence-electron chi connectivity index (χ3n) is 6.71. The molecule has 0 unspecified atom stereocenters. The molecule has 0 saturated carbocycles. The van der Waals surface area contributed by atoms with Crippen LogP contribution in [0.4, 0.5) is 0 Å². The first-order valence-corrected chi connectivity index (χ1v) is 13.0. The highest BCUT2D eigenvalue weighted by atomic mass is 35.5. The summed E-state index contributed by atoms with van der Waals surface area (Å²) >= 11 is 6.19. The Labute approximate surface area is 215 Å². The van der Waals surface area contributed by atoms with Crippen LogP contribution in [0.5, 0.6) is 11.5 Å². The van der Waals surface area contributed by atoms with Crippen LogP contribution in [0, 0.1) is 0 Å². The number of hydrogen-bond acceptors (Lipinski definition) is 3. The largest absolute Gasteiger partial charge is 0.497 e. The van der Waals surface area contributed by atoms with Crippen LogP contribution in [0.25, 0.3) is 5.57 Å². The zero-order valence-electron chi connectivity index (χ0n) is 20.9. The monoisotopic (exact) mass is 489 g/mol. The maximum atomic E-state index is 6.19. The summed E-state index contributed by atoms with van der Waals surface area (Å²) in [5.74, 6) is 1.80. The maximum Gasteiger partial charge on any atom is 0.119 e. The van der Waals surface area contributed by atoms with Crippen LogP contribution >= 0.6 is 11.6 Å². The van der Waals surface area contributed by atoms with Crippen molar-refractivity contribution in [2.75, 3.05) is 33.4 Å². The highest BCUT2D eigenvalue weighted by Gasteiger charge is 2.12. The van der Waals surface area contributed by atoms with E-state index in [1.807, 2.05) is 24.3 Å². The molecule has 0 aromatic heterocycles. The zero-order chi connectivity index (χ0) is 24.5. The lowest BCUT2D eigenvalue weighted by Gasteiger charge is -2.20. The van der Waals surface area contributed by atoms with E-state index >= 15 is 0 Å². The number of hydrogen-bond donors (Lipinski definition) is 0. The zero-order valence-corrected chi connectivity index (χ0v) is 21.7. The van der Waals surface area contributed by atoms with E-state index in [0.717, 1.165) is 41.7 Å². The lowest BCUT2D eigenvalue weighted by atomic mass is 9.90. The summed E-state index contributed by atoms with van der Waals surface area (Å²) in [5.41, 5.74) is 6.12. The summed E-state index contributed by atoms with van der Waals surface area (Å²) in [5, 5.41) is 0.745. The second-order valence-corrected chi connectivity index (χ2v) is 9.75. The molecular formula is C31H36ClNO2. The summed E-state index contributed by atoms with van der Waals surface area (Å²) in [6, 6.07) is 24.9. The molecule has 0 spiro atoms. The molecule has 1 fully saturated rings. The molecule has 3 aromatic carbocycles. The van der Waals surface area contributed by atoms with Gasteiger partial charge < -0.3 is 9.47 Å². The Balaban J connectivity index is 1.50. The molecule has 1 aliphatic rings. The van der Waals surface area contributed by atoms with Crippen molar-refractivity contribution in [2.24, 2.45) is 0 Å². The number of benzene rings is 3. The minimum Gasteiger partial charge on any atom is -0.497 e. The molecule has 4 rings (SSSR count). The number of allylic oxidation sites excluding steroid dienone is 1. The van der Waals surface area contributed by atoms with E-state index in [1.54, 1.807) is 7.11 Å². The first-order valence-electron chi connectivity index (χ1n) is 12.7. The lowest BCUT2D eigenvalue weighted by Crippen LogP contribution is -2.29. The van der Waals surface area contributed by atoms with E-state index in [2.05, 4.69) is 60.4 Å². The molecule has 1 heterocycles. The van der Waals surface area contributed by atoms with Gasteiger partial charge in [0.15, 0.2) is 0 Å². The minimum atomic E-state index is 0.732. The SMILES string of the molecule is COc1ccc(C/C(C)=C(\c2ccc(Cl)cc2)c2ccc(OCCN3CCCCCC3)cc2)cc1. The van der Waals surface area contributed by atoms with E-state index in [-0.39, 0.29) is 0 Å². The maximum absolute atomic E-state index is 6.19. The summed E-state index contributed by atoms with van der Waals surface area (Å²) in [6.07, 6.45) is 6.20. The van der Waals surface area contributed by atoms with Crippen LogP contribution in [0.1, 0.15) is 49.3 Å². The summed E-state index contributed by atoms with van der Waals surface area (Å²) < 4.78 is 11.4. The number of ether oxygens (including phenoxy) is 2. The molecule has 3 aromatic rings. The molecule has 0 radical (unpaired) electrons. The van der Waals surface area contributed by atoms with Crippen LogP contribution in [0.2, 0.25) is 5.02 Å². The van der Waals surface area contributed by atoms with Gasteiger partial charge in [-0.1, -0.05) is 66.4 Å². The smallest absolute Gasteiger partial charge is 0.119 e. The quantitative estimate of drug-likeness (QED) is 0.308. The van der Waals surface area contributed by atoms with Crippen molar-refractivity contribution in [1.82, 2.24) is 4.90 Å². The average molecular weight is 490 g/mol. The van der Waals surface area contributed by atoms with Crippen molar-refractivity contribution >= 4 is 17.2 Å². The molecule has 1 saturated heterocycles. The van der Waals surface area contributed by atoms with E-state index in [9.17, 15) is 0 Å².